The fourth-order valence-electron chi connectivity index (χ4n) is 2.36. The van der Waals surface area contributed by atoms with Gasteiger partial charge in [0.05, 0.1) is 17.6 Å². The summed E-state index contributed by atoms with van der Waals surface area (Å²) in [6, 6.07) is 15.8. The van der Waals surface area contributed by atoms with Crippen LogP contribution in [0.3, 0.4) is 0 Å². The maximum absolute atomic E-state index is 11.0. The molecule has 120 valence electrons. The number of rotatable bonds is 7. The molecular formula is C19H21NO3. The standard InChI is InChI=1S/C19H21NO3/c1-14(21)11-17(22)13-18(23-2)12-16-9-6-10-19(20-16)15-7-4-3-5-8-15/h3-11,18,22H,12-13H2,1-2H3/b17-11-. The lowest BCUT2D eigenvalue weighted by Crippen LogP contribution is -2.16. The summed E-state index contributed by atoms with van der Waals surface area (Å²) in [6.07, 6.45) is 1.84. The minimum Gasteiger partial charge on any atom is -0.512 e. The lowest BCUT2D eigenvalue weighted by Gasteiger charge is -2.15. The molecule has 1 aromatic carbocycles. The summed E-state index contributed by atoms with van der Waals surface area (Å²) in [5.74, 6) is -0.148. The molecule has 0 saturated heterocycles. The number of carbonyl (C=O) groups excluding carboxylic acids is 1. The number of methoxy groups -OCH3 is 1. The maximum atomic E-state index is 11.0. The van der Waals surface area contributed by atoms with E-state index in [0.717, 1.165) is 17.0 Å². The molecule has 4 heteroatoms. The molecule has 0 spiro atoms. The Bertz CT molecular complexity index is 680. The van der Waals surface area contributed by atoms with Crippen molar-refractivity contribution in [1.29, 1.82) is 0 Å². The quantitative estimate of drug-likeness (QED) is 0.625. The number of nitrogens with zero attached hydrogens (tertiary/aromatic N) is 1. The first kappa shape index (κ1) is 16.9. The Morgan fingerprint density at radius 1 is 1.22 bits per heavy atom. The number of hydrogen-bond acceptors (Lipinski definition) is 4. The summed E-state index contributed by atoms with van der Waals surface area (Å²) in [6.45, 7) is 1.41. The number of carbonyl (C=O) groups is 1. The zero-order valence-electron chi connectivity index (χ0n) is 13.4. The minimum atomic E-state index is -0.232. The molecule has 0 aliphatic rings. The number of pyridine rings is 1. The van der Waals surface area contributed by atoms with Crippen molar-refractivity contribution in [3.63, 3.8) is 0 Å². The predicted octanol–water partition coefficient (Wildman–Crippen LogP) is 3.73. The molecule has 1 atom stereocenters. The molecule has 0 saturated carbocycles. The normalized spacial score (nSPS) is 12.9. The Morgan fingerprint density at radius 3 is 2.61 bits per heavy atom. The Kier molecular flexibility index (Phi) is 6.06. The summed E-state index contributed by atoms with van der Waals surface area (Å²) in [5.41, 5.74) is 2.85. The first-order valence-electron chi connectivity index (χ1n) is 7.52. The number of hydrogen-bond donors (Lipinski definition) is 1. The van der Waals surface area contributed by atoms with Gasteiger partial charge >= 0.3 is 0 Å². The van der Waals surface area contributed by atoms with Crippen LogP contribution in [0.2, 0.25) is 0 Å². The number of aromatic nitrogens is 1. The molecule has 2 rings (SSSR count). The highest BCUT2D eigenvalue weighted by Gasteiger charge is 2.13. The van der Waals surface area contributed by atoms with Crippen molar-refractivity contribution in [1.82, 2.24) is 4.98 Å². The Morgan fingerprint density at radius 2 is 1.96 bits per heavy atom. The van der Waals surface area contributed by atoms with Crippen molar-refractivity contribution in [2.45, 2.75) is 25.9 Å². The molecule has 0 aliphatic carbocycles. The first-order chi connectivity index (χ1) is 11.1. The highest BCUT2D eigenvalue weighted by Crippen LogP contribution is 2.18. The molecule has 1 N–H and O–H groups in total. The van der Waals surface area contributed by atoms with Crippen molar-refractivity contribution in [2.75, 3.05) is 7.11 Å². The van der Waals surface area contributed by atoms with Crippen LogP contribution < -0.4 is 0 Å². The van der Waals surface area contributed by atoms with Gasteiger partial charge in [-0.2, -0.15) is 0 Å². The SMILES string of the molecule is COC(C/C(O)=C/C(C)=O)Cc1cccc(-c2ccccc2)n1. The van der Waals surface area contributed by atoms with E-state index < -0.39 is 0 Å². The van der Waals surface area contributed by atoms with E-state index in [2.05, 4.69) is 4.98 Å². The molecule has 23 heavy (non-hydrogen) atoms. The van der Waals surface area contributed by atoms with E-state index in [0.29, 0.717) is 6.42 Å². The highest BCUT2D eigenvalue weighted by atomic mass is 16.5. The summed E-state index contributed by atoms with van der Waals surface area (Å²) >= 11 is 0. The zero-order valence-corrected chi connectivity index (χ0v) is 13.4. The van der Waals surface area contributed by atoms with Gasteiger partial charge in [-0.15, -0.1) is 0 Å². The summed E-state index contributed by atoms with van der Waals surface area (Å²) in [7, 11) is 1.59. The van der Waals surface area contributed by atoms with Crippen LogP contribution in [-0.2, 0) is 16.0 Å². The van der Waals surface area contributed by atoms with Crippen LogP contribution in [0.1, 0.15) is 19.0 Å². The molecule has 2 aromatic rings. The zero-order chi connectivity index (χ0) is 16.7. The highest BCUT2D eigenvalue weighted by molar-refractivity contribution is 5.87. The Labute approximate surface area is 136 Å². The first-order valence-corrected chi connectivity index (χ1v) is 7.52. The third-order valence-electron chi connectivity index (χ3n) is 3.45. The molecule has 1 heterocycles. The van der Waals surface area contributed by atoms with Gasteiger partial charge in [0.1, 0.15) is 0 Å². The predicted molar refractivity (Wildman–Crippen MR) is 90.2 cm³/mol. The van der Waals surface area contributed by atoms with Gasteiger partial charge in [-0.25, -0.2) is 0 Å². The van der Waals surface area contributed by atoms with Crippen molar-refractivity contribution < 1.29 is 14.6 Å². The number of benzene rings is 1. The summed E-state index contributed by atoms with van der Waals surface area (Å²) < 4.78 is 5.40. The van der Waals surface area contributed by atoms with E-state index in [1.54, 1.807) is 7.11 Å². The van der Waals surface area contributed by atoms with Crippen LogP contribution >= 0.6 is 0 Å². The van der Waals surface area contributed by atoms with E-state index in [1.165, 1.54) is 13.0 Å². The maximum Gasteiger partial charge on any atom is 0.155 e. The molecule has 0 fully saturated rings. The van der Waals surface area contributed by atoms with Crippen molar-refractivity contribution in [3.8, 4) is 11.3 Å². The van der Waals surface area contributed by atoms with Gasteiger partial charge in [-0.05, 0) is 19.1 Å². The largest absolute Gasteiger partial charge is 0.512 e. The average Bonchev–Trinajstić information content (AvgIpc) is 2.54. The Hall–Kier alpha value is -2.46. The smallest absolute Gasteiger partial charge is 0.155 e. The van der Waals surface area contributed by atoms with Gasteiger partial charge in [0, 0.05) is 37.3 Å². The third-order valence-corrected chi connectivity index (χ3v) is 3.45. The van der Waals surface area contributed by atoms with Crippen LogP contribution in [0.4, 0.5) is 0 Å². The van der Waals surface area contributed by atoms with Crippen molar-refractivity contribution in [2.24, 2.45) is 0 Å². The van der Waals surface area contributed by atoms with Gasteiger partial charge in [-0.1, -0.05) is 36.4 Å². The van der Waals surface area contributed by atoms with E-state index >= 15 is 0 Å². The van der Waals surface area contributed by atoms with Gasteiger partial charge < -0.3 is 9.84 Å². The lowest BCUT2D eigenvalue weighted by molar-refractivity contribution is -0.112. The van der Waals surface area contributed by atoms with Crippen molar-refractivity contribution >= 4 is 5.78 Å². The van der Waals surface area contributed by atoms with Crippen LogP contribution in [-0.4, -0.2) is 29.1 Å². The van der Waals surface area contributed by atoms with E-state index in [1.807, 2.05) is 48.5 Å². The lowest BCUT2D eigenvalue weighted by atomic mass is 10.1. The average molecular weight is 311 g/mol. The summed E-state index contributed by atoms with van der Waals surface area (Å²) in [4.78, 5) is 15.6. The molecule has 0 radical (unpaired) electrons. The van der Waals surface area contributed by atoms with Crippen LogP contribution in [0, 0.1) is 0 Å². The fourth-order valence-corrected chi connectivity index (χ4v) is 2.36. The van der Waals surface area contributed by atoms with Crippen LogP contribution in [0.5, 0.6) is 0 Å². The molecule has 1 unspecified atom stereocenters. The topological polar surface area (TPSA) is 59.4 Å². The Balaban J connectivity index is 2.11. The number of allylic oxidation sites excluding steroid dienone is 1. The number of aliphatic hydroxyl groups excluding tert-OH is 1. The van der Waals surface area contributed by atoms with Gasteiger partial charge in [0.2, 0.25) is 0 Å². The minimum absolute atomic E-state index is 0.0311. The van der Waals surface area contributed by atoms with Crippen LogP contribution in [0.15, 0.2) is 60.4 Å². The van der Waals surface area contributed by atoms with E-state index in [9.17, 15) is 9.90 Å². The van der Waals surface area contributed by atoms with Crippen LogP contribution in [0.25, 0.3) is 11.3 Å². The second-order valence-corrected chi connectivity index (χ2v) is 5.39. The molecule has 4 nitrogen and oxygen atoms in total. The summed E-state index contributed by atoms with van der Waals surface area (Å²) in [5, 5.41) is 9.77. The fraction of sp³-hybridized carbons (Fsp3) is 0.263. The number of ether oxygens (including phenoxy) is 1. The van der Waals surface area contributed by atoms with E-state index in [4.69, 9.17) is 4.74 Å². The molecule has 0 aliphatic heterocycles. The second-order valence-electron chi connectivity index (χ2n) is 5.39. The monoisotopic (exact) mass is 311 g/mol. The number of ketones is 1. The molecule has 0 bridgehead atoms. The molecule has 0 amide bonds. The van der Waals surface area contributed by atoms with Gasteiger partial charge in [-0.3, -0.25) is 9.78 Å². The second kappa shape index (κ2) is 8.25. The molecule has 1 aromatic heterocycles. The van der Waals surface area contributed by atoms with E-state index in [-0.39, 0.29) is 24.1 Å². The third kappa shape index (κ3) is 5.34. The van der Waals surface area contributed by atoms with Gasteiger partial charge in [0.15, 0.2) is 5.78 Å². The van der Waals surface area contributed by atoms with Gasteiger partial charge in [0.25, 0.3) is 0 Å². The molecular weight excluding hydrogens is 290 g/mol. The van der Waals surface area contributed by atoms with Crippen molar-refractivity contribution in [3.05, 3.63) is 66.1 Å². The number of aliphatic hydroxyl groups is 1.